The lowest BCUT2D eigenvalue weighted by molar-refractivity contribution is 0.0697. The van der Waals surface area contributed by atoms with Crippen LogP contribution in [0.4, 0.5) is 5.13 Å². The number of thiazole rings is 1. The molecule has 0 saturated carbocycles. The lowest BCUT2D eigenvalue weighted by atomic mass is 10.2. The minimum absolute atomic E-state index is 0.180. The lowest BCUT2D eigenvalue weighted by Gasteiger charge is -1.97. The highest BCUT2D eigenvalue weighted by Gasteiger charge is 2.15. The van der Waals surface area contributed by atoms with Gasteiger partial charge in [0.05, 0.1) is 22.0 Å². The van der Waals surface area contributed by atoms with Crippen LogP contribution in [0.5, 0.6) is 0 Å². The summed E-state index contributed by atoms with van der Waals surface area (Å²) in [6.45, 7) is 1.64. The molecule has 0 aliphatic heterocycles. The minimum Gasteiger partial charge on any atom is -0.478 e. The molecule has 3 aromatic rings. The van der Waals surface area contributed by atoms with Crippen molar-refractivity contribution < 1.29 is 19.2 Å². The molecule has 2 N–H and O–H groups in total. The smallest absolute Gasteiger partial charge is 0.335 e. The summed E-state index contributed by atoms with van der Waals surface area (Å²) in [5, 5.41) is 15.5. The molecule has 106 valence electrons. The highest BCUT2D eigenvalue weighted by molar-refractivity contribution is 7.22. The zero-order valence-electron chi connectivity index (χ0n) is 10.8. The second-order valence-electron chi connectivity index (χ2n) is 4.26. The number of aryl methyl sites for hydroxylation is 1. The molecule has 0 spiro atoms. The fraction of sp³-hybridized carbons (Fsp3) is 0.0769. The number of hydrogen-bond acceptors (Lipinski definition) is 6. The van der Waals surface area contributed by atoms with Crippen LogP contribution in [0.1, 0.15) is 26.5 Å². The van der Waals surface area contributed by atoms with E-state index in [0.717, 1.165) is 0 Å². The molecule has 0 radical (unpaired) electrons. The first kappa shape index (κ1) is 13.3. The average Bonchev–Trinajstić information content (AvgIpc) is 3.02. The molecule has 0 aliphatic carbocycles. The van der Waals surface area contributed by atoms with Gasteiger partial charge in [0.2, 0.25) is 0 Å². The Morgan fingerprint density at radius 3 is 2.86 bits per heavy atom. The standard InChI is InChI=1S/C13H9N3O4S/c1-6-8(5-14-20-6)11(17)16-13-15-9-3-2-7(12(18)19)4-10(9)21-13/h2-5H,1H3,(H,18,19)(H,15,16,17). The number of hydrogen-bond donors (Lipinski definition) is 2. The second kappa shape index (κ2) is 4.98. The fourth-order valence-electron chi connectivity index (χ4n) is 1.79. The molecule has 3 rings (SSSR count). The van der Waals surface area contributed by atoms with Gasteiger partial charge in [-0.1, -0.05) is 16.5 Å². The van der Waals surface area contributed by atoms with Gasteiger partial charge in [0.15, 0.2) is 5.13 Å². The highest BCUT2D eigenvalue weighted by atomic mass is 32.1. The van der Waals surface area contributed by atoms with Crippen molar-refractivity contribution in [2.24, 2.45) is 0 Å². The summed E-state index contributed by atoms with van der Waals surface area (Å²) in [5.74, 6) is -0.955. The van der Waals surface area contributed by atoms with Gasteiger partial charge in [-0.2, -0.15) is 0 Å². The number of carbonyl (C=O) groups excluding carboxylic acids is 1. The van der Waals surface area contributed by atoms with Gasteiger partial charge in [-0.3, -0.25) is 10.1 Å². The number of aromatic carboxylic acids is 1. The lowest BCUT2D eigenvalue weighted by Crippen LogP contribution is -2.11. The monoisotopic (exact) mass is 303 g/mol. The zero-order chi connectivity index (χ0) is 15.0. The van der Waals surface area contributed by atoms with Crippen molar-refractivity contribution in [3.8, 4) is 0 Å². The number of carbonyl (C=O) groups is 2. The number of carboxylic acid groups (broad SMARTS) is 1. The molecule has 1 amide bonds. The first-order chi connectivity index (χ1) is 10.0. The van der Waals surface area contributed by atoms with Crippen LogP contribution in [-0.2, 0) is 0 Å². The number of nitrogens with zero attached hydrogens (tertiary/aromatic N) is 2. The third-order valence-corrected chi connectivity index (χ3v) is 3.78. The highest BCUT2D eigenvalue weighted by Crippen LogP contribution is 2.27. The van der Waals surface area contributed by atoms with Crippen LogP contribution in [-0.4, -0.2) is 27.1 Å². The van der Waals surface area contributed by atoms with Crippen molar-refractivity contribution in [3.05, 3.63) is 41.3 Å². The van der Waals surface area contributed by atoms with Gasteiger partial charge in [0.25, 0.3) is 5.91 Å². The van der Waals surface area contributed by atoms with Crippen LogP contribution in [0, 0.1) is 6.92 Å². The topological polar surface area (TPSA) is 105 Å². The molecule has 21 heavy (non-hydrogen) atoms. The van der Waals surface area contributed by atoms with Gasteiger partial charge in [-0.15, -0.1) is 0 Å². The van der Waals surface area contributed by atoms with Gasteiger partial charge < -0.3 is 9.63 Å². The SMILES string of the molecule is Cc1oncc1C(=O)Nc1nc2ccc(C(=O)O)cc2s1. The maximum Gasteiger partial charge on any atom is 0.335 e. The molecular formula is C13H9N3O4S. The number of benzene rings is 1. The van der Waals surface area contributed by atoms with E-state index in [1.807, 2.05) is 0 Å². The summed E-state index contributed by atoms with van der Waals surface area (Å²) in [6.07, 6.45) is 1.33. The van der Waals surface area contributed by atoms with Crippen molar-refractivity contribution in [1.29, 1.82) is 0 Å². The summed E-state index contributed by atoms with van der Waals surface area (Å²) in [7, 11) is 0. The molecule has 0 fully saturated rings. The molecule has 0 atom stereocenters. The summed E-state index contributed by atoms with van der Waals surface area (Å²) in [4.78, 5) is 27.2. The average molecular weight is 303 g/mol. The Kier molecular flexibility index (Phi) is 3.15. The fourth-order valence-corrected chi connectivity index (χ4v) is 2.69. The van der Waals surface area contributed by atoms with E-state index in [1.165, 1.54) is 29.7 Å². The number of anilines is 1. The Bertz CT molecular complexity index is 852. The van der Waals surface area contributed by atoms with E-state index in [1.54, 1.807) is 13.0 Å². The Hall–Kier alpha value is -2.74. The second-order valence-corrected chi connectivity index (χ2v) is 5.29. The summed E-state index contributed by atoms with van der Waals surface area (Å²) < 4.78 is 5.52. The van der Waals surface area contributed by atoms with E-state index in [2.05, 4.69) is 15.5 Å². The molecule has 1 aromatic carbocycles. The molecule has 0 aliphatic rings. The molecular weight excluding hydrogens is 294 g/mol. The Morgan fingerprint density at radius 1 is 1.38 bits per heavy atom. The van der Waals surface area contributed by atoms with Crippen molar-refractivity contribution in [3.63, 3.8) is 0 Å². The largest absolute Gasteiger partial charge is 0.478 e. The molecule has 0 bridgehead atoms. The molecule has 0 unspecified atom stereocenters. The summed E-state index contributed by atoms with van der Waals surface area (Å²) in [6, 6.07) is 4.60. The molecule has 8 heteroatoms. The number of nitrogens with one attached hydrogen (secondary N) is 1. The van der Waals surface area contributed by atoms with E-state index < -0.39 is 5.97 Å². The van der Waals surface area contributed by atoms with Gasteiger partial charge in [-0.05, 0) is 25.1 Å². The van der Waals surface area contributed by atoms with Gasteiger partial charge >= 0.3 is 5.97 Å². The Morgan fingerprint density at radius 2 is 2.19 bits per heavy atom. The van der Waals surface area contributed by atoms with E-state index in [0.29, 0.717) is 26.7 Å². The van der Waals surface area contributed by atoms with E-state index in [4.69, 9.17) is 9.63 Å². The normalized spacial score (nSPS) is 10.7. The number of carboxylic acids is 1. The minimum atomic E-state index is -1.00. The van der Waals surface area contributed by atoms with Crippen LogP contribution in [0.25, 0.3) is 10.2 Å². The van der Waals surface area contributed by atoms with Crippen molar-refractivity contribution in [1.82, 2.24) is 10.1 Å². The third-order valence-electron chi connectivity index (χ3n) is 2.85. The van der Waals surface area contributed by atoms with Crippen LogP contribution in [0.2, 0.25) is 0 Å². The molecule has 2 heterocycles. The Labute approximate surface area is 122 Å². The number of rotatable bonds is 3. The van der Waals surface area contributed by atoms with Crippen LogP contribution >= 0.6 is 11.3 Å². The van der Waals surface area contributed by atoms with Crippen molar-refractivity contribution >= 4 is 38.6 Å². The maximum atomic E-state index is 12.0. The van der Waals surface area contributed by atoms with E-state index >= 15 is 0 Å². The maximum absolute atomic E-state index is 12.0. The predicted octanol–water partition coefficient (Wildman–Crippen LogP) is 2.54. The first-order valence-electron chi connectivity index (χ1n) is 5.91. The van der Waals surface area contributed by atoms with Gasteiger partial charge in [0.1, 0.15) is 11.3 Å². The number of fused-ring (bicyclic) bond motifs is 1. The van der Waals surface area contributed by atoms with Gasteiger partial charge in [0, 0.05) is 0 Å². The van der Waals surface area contributed by atoms with Crippen molar-refractivity contribution in [2.75, 3.05) is 5.32 Å². The third kappa shape index (κ3) is 2.48. The van der Waals surface area contributed by atoms with E-state index in [-0.39, 0.29) is 11.5 Å². The van der Waals surface area contributed by atoms with Crippen LogP contribution in [0.3, 0.4) is 0 Å². The van der Waals surface area contributed by atoms with Crippen molar-refractivity contribution in [2.45, 2.75) is 6.92 Å². The Balaban J connectivity index is 1.89. The van der Waals surface area contributed by atoms with Crippen LogP contribution < -0.4 is 5.32 Å². The first-order valence-corrected chi connectivity index (χ1v) is 6.73. The molecule has 7 nitrogen and oxygen atoms in total. The van der Waals surface area contributed by atoms with Crippen LogP contribution in [0.15, 0.2) is 28.9 Å². The number of aromatic nitrogens is 2. The molecule has 2 aromatic heterocycles. The van der Waals surface area contributed by atoms with E-state index in [9.17, 15) is 9.59 Å². The predicted molar refractivity (Wildman–Crippen MR) is 75.8 cm³/mol. The quantitative estimate of drug-likeness (QED) is 0.770. The summed E-state index contributed by atoms with van der Waals surface area (Å²) in [5.41, 5.74) is 1.14. The molecule has 0 saturated heterocycles. The van der Waals surface area contributed by atoms with Gasteiger partial charge in [-0.25, -0.2) is 9.78 Å². The zero-order valence-corrected chi connectivity index (χ0v) is 11.6. The summed E-state index contributed by atoms with van der Waals surface area (Å²) >= 11 is 1.20. The number of amides is 1.